The summed E-state index contributed by atoms with van der Waals surface area (Å²) in [5.74, 6) is -2.63. The van der Waals surface area contributed by atoms with E-state index in [0.717, 1.165) is 18.4 Å². The van der Waals surface area contributed by atoms with Gasteiger partial charge in [0, 0.05) is 39.4 Å². The summed E-state index contributed by atoms with van der Waals surface area (Å²) in [6, 6.07) is 10.6. The second kappa shape index (κ2) is 10.4. The molecule has 0 aliphatic rings. The van der Waals surface area contributed by atoms with Crippen LogP contribution in [-0.2, 0) is 21.4 Å². The first-order chi connectivity index (χ1) is 16.9. The molecule has 184 valence electrons. The normalized spacial score (nSPS) is 11.6. The summed E-state index contributed by atoms with van der Waals surface area (Å²) in [7, 11) is 1.39. The summed E-state index contributed by atoms with van der Waals surface area (Å²) in [4.78, 5) is 62.1. The molecule has 3 rings (SSSR count). The highest BCUT2D eigenvalue weighted by Gasteiger charge is 2.11. The second-order valence-corrected chi connectivity index (χ2v) is 7.46. The van der Waals surface area contributed by atoms with Crippen molar-refractivity contribution in [3.63, 3.8) is 0 Å². The van der Waals surface area contributed by atoms with E-state index < -0.39 is 29.0 Å². The van der Waals surface area contributed by atoms with E-state index in [-0.39, 0.29) is 39.3 Å². The molecule has 0 bridgehead atoms. The molecular formula is C25H20N2O9. The molecule has 0 amide bonds. The number of aromatic amines is 1. The van der Waals surface area contributed by atoms with Crippen molar-refractivity contribution < 1.29 is 33.7 Å². The summed E-state index contributed by atoms with van der Waals surface area (Å²) >= 11 is 0. The predicted molar refractivity (Wildman–Crippen MR) is 125 cm³/mol. The zero-order chi connectivity index (χ0) is 26.6. The minimum absolute atomic E-state index is 0.0158. The third kappa shape index (κ3) is 6.06. The van der Waals surface area contributed by atoms with Crippen LogP contribution in [0.1, 0.15) is 31.9 Å². The summed E-state index contributed by atoms with van der Waals surface area (Å²) in [6.07, 6.45) is 2.66. The molecule has 0 aliphatic carbocycles. The number of nitrogens with one attached hydrogen (secondary N) is 1. The SMILES string of the molecule is CC(=O)Oc1c#cc(/C=c2/[nH]c(=O)/c(=C\c3ccc(O)c(OC(C)=O)c3)n(C)c2=O)cc1OC(C)=O. The van der Waals surface area contributed by atoms with Crippen LogP contribution >= 0.6 is 0 Å². The number of hydrogen-bond acceptors (Lipinski definition) is 9. The van der Waals surface area contributed by atoms with Crippen molar-refractivity contribution in [1.29, 1.82) is 0 Å². The van der Waals surface area contributed by atoms with Crippen molar-refractivity contribution in [1.82, 2.24) is 9.55 Å². The number of phenols is 1. The smallest absolute Gasteiger partial charge is 0.308 e. The average molecular weight is 492 g/mol. The van der Waals surface area contributed by atoms with Gasteiger partial charge in [-0.15, -0.1) is 0 Å². The van der Waals surface area contributed by atoms with E-state index >= 15 is 0 Å². The van der Waals surface area contributed by atoms with E-state index in [0.29, 0.717) is 5.56 Å². The van der Waals surface area contributed by atoms with Crippen LogP contribution in [0.25, 0.3) is 12.2 Å². The van der Waals surface area contributed by atoms with Crippen LogP contribution in [0.2, 0.25) is 0 Å². The fourth-order valence-corrected chi connectivity index (χ4v) is 3.07. The monoisotopic (exact) mass is 492 g/mol. The van der Waals surface area contributed by atoms with Crippen molar-refractivity contribution in [2.24, 2.45) is 7.05 Å². The fourth-order valence-electron chi connectivity index (χ4n) is 3.07. The zero-order valence-corrected chi connectivity index (χ0v) is 19.6. The molecule has 0 saturated carbocycles. The van der Waals surface area contributed by atoms with Crippen LogP contribution in [0.15, 0.2) is 33.9 Å². The number of rotatable bonds is 5. The minimum atomic E-state index is -0.677. The molecule has 0 unspecified atom stereocenters. The number of ether oxygens (including phenoxy) is 3. The maximum absolute atomic E-state index is 12.9. The molecule has 1 heterocycles. The average Bonchev–Trinajstić information content (AvgIpc) is 2.77. The Kier molecular flexibility index (Phi) is 7.40. The summed E-state index contributed by atoms with van der Waals surface area (Å²) in [5.41, 5.74) is -0.606. The molecule has 0 aliphatic heterocycles. The highest BCUT2D eigenvalue weighted by molar-refractivity contribution is 5.74. The lowest BCUT2D eigenvalue weighted by Crippen LogP contribution is -2.52. The number of H-pyrrole nitrogens is 1. The van der Waals surface area contributed by atoms with E-state index in [2.05, 4.69) is 17.1 Å². The maximum Gasteiger partial charge on any atom is 0.308 e. The topological polar surface area (TPSA) is 154 Å². The number of carbonyl (C=O) groups excluding carboxylic acids is 3. The Hall–Kier alpha value is -5.11. The van der Waals surface area contributed by atoms with E-state index in [1.807, 2.05) is 0 Å². The van der Waals surface area contributed by atoms with E-state index in [1.54, 1.807) is 0 Å². The Morgan fingerprint density at radius 3 is 2.19 bits per heavy atom. The molecule has 0 spiro atoms. The molecule has 36 heavy (non-hydrogen) atoms. The Balaban J connectivity index is 2.11. The van der Waals surface area contributed by atoms with Gasteiger partial charge in [-0.3, -0.25) is 24.0 Å². The molecule has 3 aromatic rings. The van der Waals surface area contributed by atoms with Gasteiger partial charge in [0.25, 0.3) is 11.1 Å². The van der Waals surface area contributed by atoms with Crippen LogP contribution in [-0.4, -0.2) is 32.6 Å². The van der Waals surface area contributed by atoms with Gasteiger partial charge in [0.2, 0.25) is 5.75 Å². The third-order valence-corrected chi connectivity index (χ3v) is 4.55. The Morgan fingerprint density at radius 1 is 0.917 bits per heavy atom. The highest BCUT2D eigenvalue weighted by Crippen LogP contribution is 2.27. The van der Waals surface area contributed by atoms with Crippen molar-refractivity contribution in [3.8, 4) is 23.0 Å². The Bertz CT molecular complexity index is 1610. The number of nitrogens with zero attached hydrogens (tertiary/aromatic N) is 1. The number of phenolic OH excluding ortho intramolecular Hbond substituents is 1. The molecule has 2 N–H and O–H groups in total. The number of aromatic hydroxyl groups is 1. The van der Waals surface area contributed by atoms with Crippen molar-refractivity contribution in [3.05, 3.63) is 78.9 Å². The highest BCUT2D eigenvalue weighted by atomic mass is 16.6. The second-order valence-electron chi connectivity index (χ2n) is 7.46. The van der Waals surface area contributed by atoms with Gasteiger partial charge in [0.15, 0.2) is 17.2 Å². The Morgan fingerprint density at radius 2 is 1.56 bits per heavy atom. The number of esters is 3. The first kappa shape index (κ1) is 25.5. The fraction of sp³-hybridized carbons (Fsp3) is 0.160. The molecule has 0 saturated heterocycles. The number of benzene rings is 1. The van der Waals surface area contributed by atoms with Crippen LogP contribution < -0.4 is 36.0 Å². The van der Waals surface area contributed by atoms with Gasteiger partial charge in [-0.05, 0) is 35.9 Å². The standard InChI is InChI=1S/C25H20N2O9/c1-13(28)34-21-8-6-16(12-23(21)36-15(3)30)9-18-25(33)27(4)19(24(32)26-18)10-17-5-7-20(31)22(11-17)35-14(2)29/h5,7,9-12,31H,1-4H3,(H,26,32)/b18-9+,19-10+. The lowest BCUT2D eigenvalue weighted by atomic mass is 10.2. The summed E-state index contributed by atoms with van der Waals surface area (Å²) in [6.45, 7) is 3.49. The van der Waals surface area contributed by atoms with Crippen LogP contribution in [0.5, 0.6) is 23.0 Å². The quantitative estimate of drug-likeness (QED) is 0.364. The van der Waals surface area contributed by atoms with Gasteiger partial charge in [-0.1, -0.05) is 12.1 Å². The molecular weight excluding hydrogens is 472 g/mol. The Labute approximate surface area is 203 Å². The van der Waals surface area contributed by atoms with Gasteiger partial charge in [-0.25, -0.2) is 0 Å². The molecule has 1 aromatic heterocycles. The first-order valence-electron chi connectivity index (χ1n) is 10.3. The lowest BCUT2D eigenvalue weighted by molar-refractivity contribution is -0.134. The summed E-state index contributed by atoms with van der Waals surface area (Å²) < 4.78 is 16.0. The first-order valence-corrected chi connectivity index (χ1v) is 10.3. The van der Waals surface area contributed by atoms with Gasteiger partial charge in [0.05, 0.1) is 0 Å². The molecule has 0 radical (unpaired) electrons. The van der Waals surface area contributed by atoms with Crippen LogP contribution in [0, 0.1) is 12.1 Å². The van der Waals surface area contributed by atoms with Gasteiger partial charge in [0.1, 0.15) is 10.7 Å². The van der Waals surface area contributed by atoms with E-state index in [4.69, 9.17) is 14.2 Å². The zero-order valence-electron chi connectivity index (χ0n) is 19.6. The summed E-state index contributed by atoms with van der Waals surface area (Å²) in [5, 5.41) is 9.71. The third-order valence-electron chi connectivity index (χ3n) is 4.55. The molecule has 11 nitrogen and oxygen atoms in total. The van der Waals surface area contributed by atoms with Gasteiger partial charge < -0.3 is 28.9 Å². The van der Waals surface area contributed by atoms with Crippen molar-refractivity contribution in [2.75, 3.05) is 0 Å². The number of hydrogen-bond donors (Lipinski definition) is 2. The van der Waals surface area contributed by atoms with Crippen molar-refractivity contribution >= 4 is 30.1 Å². The minimum Gasteiger partial charge on any atom is -0.504 e. The molecule has 2 aromatic carbocycles. The molecule has 0 atom stereocenters. The predicted octanol–water partition coefficient (Wildman–Crippen LogP) is -0.187. The number of carbonyl (C=O) groups is 3. The lowest BCUT2D eigenvalue weighted by Gasteiger charge is -2.06. The van der Waals surface area contributed by atoms with Crippen molar-refractivity contribution in [2.45, 2.75) is 20.8 Å². The van der Waals surface area contributed by atoms with Gasteiger partial charge >= 0.3 is 17.9 Å². The van der Waals surface area contributed by atoms with Crippen LogP contribution in [0.3, 0.4) is 0 Å². The maximum atomic E-state index is 12.9. The largest absolute Gasteiger partial charge is 0.504 e. The molecule has 0 fully saturated rings. The van der Waals surface area contributed by atoms with Crippen LogP contribution in [0.4, 0.5) is 0 Å². The van der Waals surface area contributed by atoms with Gasteiger partial charge in [-0.2, -0.15) is 0 Å². The van der Waals surface area contributed by atoms with E-state index in [9.17, 15) is 29.1 Å². The van der Waals surface area contributed by atoms with E-state index in [1.165, 1.54) is 50.4 Å². The number of aromatic nitrogens is 2. The molecule has 11 heteroatoms.